The molecule has 2 aromatic carbocycles. The second-order valence-electron chi connectivity index (χ2n) is 4.24. The average Bonchev–Trinajstić information content (AvgIpc) is 2.85. The number of fused-ring (bicyclic) bond motifs is 5. The van der Waals surface area contributed by atoms with Gasteiger partial charge in [-0.15, -0.1) is 0 Å². The summed E-state index contributed by atoms with van der Waals surface area (Å²) in [6, 6.07) is 16.8. The van der Waals surface area contributed by atoms with E-state index < -0.39 is 0 Å². The highest BCUT2D eigenvalue weighted by Crippen LogP contribution is 2.42. The van der Waals surface area contributed by atoms with Crippen molar-refractivity contribution in [1.82, 2.24) is 0 Å². The van der Waals surface area contributed by atoms with Crippen LogP contribution in [-0.2, 0) is 6.42 Å². The molecule has 0 unspecified atom stereocenters. The summed E-state index contributed by atoms with van der Waals surface area (Å²) < 4.78 is 5.94. The van der Waals surface area contributed by atoms with Crippen molar-refractivity contribution in [2.45, 2.75) is 6.42 Å². The van der Waals surface area contributed by atoms with Crippen LogP contribution in [-0.4, -0.2) is 0 Å². The molecule has 0 fully saturated rings. The van der Waals surface area contributed by atoms with Gasteiger partial charge in [0.05, 0.1) is 0 Å². The Balaban J connectivity index is 2.12. The minimum absolute atomic E-state index is 1.00. The van der Waals surface area contributed by atoms with Crippen molar-refractivity contribution in [2.75, 3.05) is 0 Å². The van der Waals surface area contributed by atoms with Crippen LogP contribution in [0.4, 0.5) is 0 Å². The number of benzene rings is 2. The van der Waals surface area contributed by atoms with Gasteiger partial charge >= 0.3 is 0 Å². The molecule has 16 heavy (non-hydrogen) atoms. The van der Waals surface area contributed by atoms with Crippen LogP contribution in [0.5, 0.6) is 0 Å². The molecule has 1 heterocycles. The van der Waals surface area contributed by atoms with E-state index in [-0.39, 0.29) is 0 Å². The molecule has 0 atom stereocenters. The summed E-state index contributed by atoms with van der Waals surface area (Å²) in [5.74, 6) is 1.07. The van der Waals surface area contributed by atoms with E-state index in [4.69, 9.17) is 4.42 Å². The third-order valence-corrected chi connectivity index (χ3v) is 3.33. The average molecular weight is 206 g/mol. The van der Waals surface area contributed by atoms with Gasteiger partial charge in [0.2, 0.25) is 0 Å². The minimum Gasteiger partial charge on any atom is -0.456 e. The molecule has 3 aromatic rings. The van der Waals surface area contributed by atoms with Crippen molar-refractivity contribution in [3.05, 3.63) is 59.7 Å². The minimum atomic E-state index is 1.00. The van der Waals surface area contributed by atoms with Crippen LogP contribution in [0.25, 0.3) is 22.3 Å². The van der Waals surface area contributed by atoms with E-state index in [9.17, 15) is 0 Å². The molecule has 1 aliphatic carbocycles. The number of rotatable bonds is 0. The van der Waals surface area contributed by atoms with Crippen LogP contribution < -0.4 is 0 Å². The zero-order valence-corrected chi connectivity index (χ0v) is 8.73. The normalized spacial score (nSPS) is 12.8. The highest BCUT2D eigenvalue weighted by molar-refractivity contribution is 5.91. The fourth-order valence-corrected chi connectivity index (χ4v) is 2.58. The molecule has 0 amide bonds. The molecule has 0 N–H and O–H groups in total. The molecule has 1 aromatic heterocycles. The molecule has 4 rings (SSSR count). The smallest absolute Gasteiger partial charge is 0.139 e. The SMILES string of the molecule is c1ccc2c(c1)Cc1c-2oc2ccccc12. The van der Waals surface area contributed by atoms with E-state index in [0.717, 1.165) is 17.8 Å². The Morgan fingerprint density at radius 2 is 1.69 bits per heavy atom. The zero-order chi connectivity index (χ0) is 10.5. The molecule has 1 heteroatoms. The van der Waals surface area contributed by atoms with Gasteiger partial charge in [-0.2, -0.15) is 0 Å². The molecule has 0 aliphatic heterocycles. The van der Waals surface area contributed by atoms with Crippen molar-refractivity contribution in [2.24, 2.45) is 0 Å². The van der Waals surface area contributed by atoms with Crippen LogP contribution in [0.2, 0.25) is 0 Å². The maximum atomic E-state index is 5.94. The highest BCUT2D eigenvalue weighted by Gasteiger charge is 2.24. The van der Waals surface area contributed by atoms with Gasteiger partial charge in [0.15, 0.2) is 0 Å². The Bertz CT molecular complexity index is 691. The van der Waals surface area contributed by atoms with E-state index in [2.05, 4.69) is 36.4 Å². The van der Waals surface area contributed by atoms with Gasteiger partial charge in [0.1, 0.15) is 11.3 Å². The molecule has 1 nitrogen and oxygen atoms in total. The molecule has 0 bridgehead atoms. The van der Waals surface area contributed by atoms with E-state index >= 15 is 0 Å². The third-order valence-electron chi connectivity index (χ3n) is 3.33. The summed E-state index contributed by atoms with van der Waals surface area (Å²) in [6.07, 6.45) is 1.00. The van der Waals surface area contributed by atoms with Crippen LogP contribution in [0.3, 0.4) is 0 Å². The summed E-state index contributed by atoms with van der Waals surface area (Å²) in [5, 5.41) is 1.26. The summed E-state index contributed by atoms with van der Waals surface area (Å²) >= 11 is 0. The number of para-hydroxylation sites is 1. The Labute approximate surface area is 93.3 Å². The van der Waals surface area contributed by atoms with Gasteiger partial charge in [0, 0.05) is 22.9 Å². The summed E-state index contributed by atoms with van der Waals surface area (Å²) in [6.45, 7) is 0. The first-order chi connectivity index (χ1) is 7.93. The van der Waals surface area contributed by atoms with Crippen molar-refractivity contribution in [1.29, 1.82) is 0 Å². The van der Waals surface area contributed by atoms with Crippen LogP contribution >= 0.6 is 0 Å². The van der Waals surface area contributed by atoms with Crippen molar-refractivity contribution in [3.63, 3.8) is 0 Å². The Morgan fingerprint density at radius 3 is 2.69 bits per heavy atom. The largest absolute Gasteiger partial charge is 0.456 e. The predicted octanol–water partition coefficient (Wildman–Crippen LogP) is 4.00. The maximum Gasteiger partial charge on any atom is 0.139 e. The standard InChI is InChI=1S/C15H10O/c1-2-6-11-10(5-1)9-13-12-7-3-4-8-14(12)16-15(11)13/h1-8H,9H2. The lowest BCUT2D eigenvalue weighted by Crippen LogP contribution is -1.79. The van der Waals surface area contributed by atoms with Crippen LogP contribution in [0.15, 0.2) is 52.9 Å². The predicted molar refractivity (Wildman–Crippen MR) is 64.5 cm³/mol. The number of furan rings is 1. The Kier molecular flexibility index (Phi) is 1.41. The highest BCUT2D eigenvalue weighted by atomic mass is 16.3. The Morgan fingerprint density at radius 1 is 0.875 bits per heavy atom. The lowest BCUT2D eigenvalue weighted by molar-refractivity contribution is 0.631. The summed E-state index contributed by atoms with van der Waals surface area (Å²) in [5.41, 5.74) is 4.98. The van der Waals surface area contributed by atoms with E-state index in [1.165, 1.54) is 22.1 Å². The van der Waals surface area contributed by atoms with Gasteiger partial charge in [-0.25, -0.2) is 0 Å². The first-order valence-corrected chi connectivity index (χ1v) is 5.52. The van der Waals surface area contributed by atoms with Gasteiger partial charge in [-0.3, -0.25) is 0 Å². The fourth-order valence-electron chi connectivity index (χ4n) is 2.58. The zero-order valence-electron chi connectivity index (χ0n) is 8.73. The monoisotopic (exact) mass is 206 g/mol. The van der Waals surface area contributed by atoms with E-state index in [0.29, 0.717) is 0 Å². The van der Waals surface area contributed by atoms with Gasteiger partial charge in [-0.1, -0.05) is 42.5 Å². The van der Waals surface area contributed by atoms with E-state index in [1.54, 1.807) is 0 Å². The molecule has 0 spiro atoms. The molecule has 0 saturated carbocycles. The summed E-state index contributed by atoms with van der Waals surface area (Å²) in [7, 11) is 0. The lowest BCUT2D eigenvalue weighted by atomic mass is 10.1. The maximum absolute atomic E-state index is 5.94. The van der Waals surface area contributed by atoms with E-state index in [1.807, 2.05) is 12.1 Å². The number of hydrogen-bond acceptors (Lipinski definition) is 1. The first-order valence-electron chi connectivity index (χ1n) is 5.52. The topological polar surface area (TPSA) is 13.1 Å². The Hall–Kier alpha value is -2.02. The van der Waals surface area contributed by atoms with Crippen LogP contribution in [0, 0.1) is 0 Å². The first kappa shape index (κ1) is 8.17. The molecular weight excluding hydrogens is 196 g/mol. The molecular formula is C15H10O. The third kappa shape index (κ3) is 0.904. The molecule has 76 valence electrons. The van der Waals surface area contributed by atoms with Gasteiger partial charge in [-0.05, 0) is 11.6 Å². The van der Waals surface area contributed by atoms with Crippen LogP contribution in [0.1, 0.15) is 11.1 Å². The second kappa shape index (κ2) is 2.76. The fraction of sp³-hybridized carbons (Fsp3) is 0.0667. The van der Waals surface area contributed by atoms with Gasteiger partial charge < -0.3 is 4.42 Å². The van der Waals surface area contributed by atoms with Crippen molar-refractivity contribution < 1.29 is 4.42 Å². The summed E-state index contributed by atoms with van der Waals surface area (Å²) in [4.78, 5) is 0. The molecule has 1 aliphatic rings. The second-order valence-corrected chi connectivity index (χ2v) is 4.24. The quantitative estimate of drug-likeness (QED) is 0.423. The molecule has 0 radical (unpaired) electrons. The van der Waals surface area contributed by atoms with Crippen molar-refractivity contribution >= 4 is 11.0 Å². The van der Waals surface area contributed by atoms with Crippen molar-refractivity contribution in [3.8, 4) is 11.3 Å². The van der Waals surface area contributed by atoms with Gasteiger partial charge in [0.25, 0.3) is 0 Å². The number of hydrogen-bond donors (Lipinski definition) is 0. The molecule has 0 saturated heterocycles. The lowest BCUT2D eigenvalue weighted by Gasteiger charge is -1.96.